The molecule has 2 saturated heterocycles. The highest BCUT2D eigenvalue weighted by Gasteiger charge is 2.41. The third-order valence-corrected chi connectivity index (χ3v) is 6.42. The van der Waals surface area contributed by atoms with E-state index in [-0.39, 0.29) is 19.2 Å². The standard InChI is InChI=1S/C12H21NO5S/c1-9-4-5-10(12(14)15)7-13(9)19(16,17)11-3-2-6-18-8-11/h9-11H,2-8H2,1H3,(H,14,15). The second-order valence-corrected chi connectivity index (χ2v) is 7.58. The summed E-state index contributed by atoms with van der Waals surface area (Å²) in [5.74, 6) is -1.50. The lowest BCUT2D eigenvalue weighted by molar-refractivity contribution is -0.143. The van der Waals surface area contributed by atoms with E-state index in [2.05, 4.69) is 0 Å². The largest absolute Gasteiger partial charge is 0.481 e. The van der Waals surface area contributed by atoms with Crippen molar-refractivity contribution >= 4 is 16.0 Å². The molecule has 2 aliphatic rings. The van der Waals surface area contributed by atoms with Crippen LogP contribution in [0, 0.1) is 5.92 Å². The highest BCUT2D eigenvalue weighted by molar-refractivity contribution is 7.89. The predicted octanol–water partition coefficient (Wildman–Crippen LogP) is 0.680. The molecular formula is C12H21NO5S. The summed E-state index contributed by atoms with van der Waals surface area (Å²) in [7, 11) is -3.46. The molecule has 1 N–H and O–H groups in total. The maximum Gasteiger partial charge on any atom is 0.307 e. The average Bonchev–Trinajstić information content (AvgIpc) is 2.39. The molecule has 19 heavy (non-hydrogen) atoms. The van der Waals surface area contributed by atoms with Crippen LogP contribution in [0.25, 0.3) is 0 Å². The van der Waals surface area contributed by atoms with Gasteiger partial charge in [0.05, 0.1) is 17.8 Å². The van der Waals surface area contributed by atoms with Crippen LogP contribution in [0.5, 0.6) is 0 Å². The molecule has 2 rings (SSSR count). The predicted molar refractivity (Wildman–Crippen MR) is 69.3 cm³/mol. The fraction of sp³-hybridized carbons (Fsp3) is 0.917. The molecule has 2 aliphatic heterocycles. The van der Waals surface area contributed by atoms with Gasteiger partial charge in [-0.05, 0) is 32.6 Å². The number of nitrogens with zero attached hydrogens (tertiary/aromatic N) is 1. The molecule has 3 unspecified atom stereocenters. The number of carboxylic acid groups (broad SMARTS) is 1. The molecule has 0 aliphatic carbocycles. The normalized spacial score (nSPS) is 34.1. The monoisotopic (exact) mass is 291 g/mol. The Morgan fingerprint density at radius 1 is 1.32 bits per heavy atom. The molecule has 0 amide bonds. The first-order valence-corrected chi connectivity index (χ1v) is 8.24. The number of hydrogen-bond acceptors (Lipinski definition) is 4. The summed E-state index contributed by atoms with van der Waals surface area (Å²) < 4.78 is 31.8. The topological polar surface area (TPSA) is 83.9 Å². The van der Waals surface area contributed by atoms with E-state index in [1.165, 1.54) is 4.31 Å². The van der Waals surface area contributed by atoms with E-state index in [0.717, 1.165) is 6.42 Å². The third-order valence-electron chi connectivity index (χ3n) is 4.04. The molecule has 6 nitrogen and oxygen atoms in total. The zero-order valence-corrected chi connectivity index (χ0v) is 11.9. The van der Waals surface area contributed by atoms with Gasteiger partial charge >= 0.3 is 5.97 Å². The van der Waals surface area contributed by atoms with E-state index in [9.17, 15) is 13.2 Å². The van der Waals surface area contributed by atoms with Gasteiger partial charge in [0, 0.05) is 19.2 Å². The van der Waals surface area contributed by atoms with Crippen LogP contribution in [0.4, 0.5) is 0 Å². The van der Waals surface area contributed by atoms with Gasteiger partial charge in [-0.15, -0.1) is 0 Å². The molecule has 3 atom stereocenters. The van der Waals surface area contributed by atoms with Crippen molar-refractivity contribution in [3.63, 3.8) is 0 Å². The number of aliphatic carboxylic acids is 1. The van der Waals surface area contributed by atoms with Gasteiger partial charge in [0.25, 0.3) is 0 Å². The van der Waals surface area contributed by atoms with E-state index >= 15 is 0 Å². The summed E-state index contributed by atoms with van der Waals surface area (Å²) in [5, 5.41) is 8.55. The Hall–Kier alpha value is -0.660. The number of sulfonamides is 1. The molecule has 2 fully saturated rings. The van der Waals surface area contributed by atoms with Gasteiger partial charge in [-0.1, -0.05) is 0 Å². The molecule has 2 heterocycles. The van der Waals surface area contributed by atoms with Crippen LogP contribution in [0.15, 0.2) is 0 Å². The fourth-order valence-electron chi connectivity index (χ4n) is 2.77. The van der Waals surface area contributed by atoms with Gasteiger partial charge in [0.1, 0.15) is 0 Å². The minimum Gasteiger partial charge on any atom is -0.481 e. The Balaban J connectivity index is 2.14. The minimum atomic E-state index is -3.46. The van der Waals surface area contributed by atoms with Crippen LogP contribution in [0.2, 0.25) is 0 Å². The summed E-state index contributed by atoms with van der Waals surface area (Å²) in [6.07, 6.45) is 2.49. The quantitative estimate of drug-likeness (QED) is 0.826. The van der Waals surface area contributed by atoms with Crippen molar-refractivity contribution in [1.82, 2.24) is 4.31 Å². The Bertz CT molecular complexity index is 429. The van der Waals surface area contributed by atoms with Crippen molar-refractivity contribution in [3.8, 4) is 0 Å². The van der Waals surface area contributed by atoms with Gasteiger partial charge in [0.2, 0.25) is 10.0 Å². The third kappa shape index (κ3) is 3.09. The van der Waals surface area contributed by atoms with Crippen LogP contribution in [-0.2, 0) is 19.6 Å². The molecule has 0 radical (unpaired) electrons. The first-order valence-electron chi connectivity index (χ1n) is 6.74. The minimum absolute atomic E-state index is 0.0926. The Morgan fingerprint density at radius 2 is 2.05 bits per heavy atom. The highest BCUT2D eigenvalue weighted by atomic mass is 32.2. The van der Waals surface area contributed by atoms with Crippen LogP contribution < -0.4 is 0 Å². The highest BCUT2D eigenvalue weighted by Crippen LogP contribution is 2.28. The van der Waals surface area contributed by atoms with Gasteiger partial charge in [-0.25, -0.2) is 8.42 Å². The SMILES string of the molecule is CC1CCC(C(=O)O)CN1S(=O)(=O)C1CCCOC1. The lowest BCUT2D eigenvalue weighted by atomic mass is 9.96. The number of piperidine rings is 1. The van der Waals surface area contributed by atoms with E-state index in [0.29, 0.717) is 25.9 Å². The smallest absolute Gasteiger partial charge is 0.307 e. The Morgan fingerprint density at radius 3 is 2.63 bits per heavy atom. The lowest BCUT2D eigenvalue weighted by Crippen LogP contribution is -2.51. The van der Waals surface area contributed by atoms with Gasteiger partial charge in [-0.3, -0.25) is 4.79 Å². The van der Waals surface area contributed by atoms with Crippen LogP contribution in [-0.4, -0.2) is 54.8 Å². The summed E-state index contributed by atoms with van der Waals surface area (Å²) >= 11 is 0. The number of ether oxygens (including phenoxy) is 1. The van der Waals surface area contributed by atoms with E-state index in [1.807, 2.05) is 6.92 Å². The maximum absolute atomic E-state index is 12.6. The summed E-state index contributed by atoms with van der Waals surface area (Å²) in [6, 6.07) is -0.123. The summed E-state index contributed by atoms with van der Waals surface area (Å²) in [6.45, 7) is 2.78. The van der Waals surface area contributed by atoms with Crippen molar-refractivity contribution in [2.75, 3.05) is 19.8 Å². The summed E-state index contributed by atoms with van der Waals surface area (Å²) in [5.41, 5.74) is 0. The fourth-order valence-corrected chi connectivity index (χ4v) is 4.88. The van der Waals surface area contributed by atoms with Gasteiger partial charge < -0.3 is 9.84 Å². The molecule has 0 bridgehead atoms. The Kier molecular flexibility index (Phi) is 4.47. The van der Waals surface area contributed by atoms with Crippen LogP contribution in [0.3, 0.4) is 0 Å². The van der Waals surface area contributed by atoms with E-state index < -0.39 is 27.2 Å². The molecule has 110 valence electrons. The first kappa shape index (κ1) is 14.7. The van der Waals surface area contributed by atoms with Gasteiger partial charge in [0.15, 0.2) is 0 Å². The Labute approximate surface area is 113 Å². The van der Waals surface area contributed by atoms with E-state index in [1.54, 1.807) is 0 Å². The van der Waals surface area contributed by atoms with Crippen molar-refractivity contribution < 1.29 is 23.1 Å². The van der Waals surface area contributed by atoms with Crippen LogP contribution in [0.1, 0.15) is 32.6 Å². The first-order chi connectivity index (χ1) is 8.93. The molecule has 0 saturated carbocycles. The average molecular weight is 291 g/mol. The molecule has 7 heteroatoms. The molecule has 0 aromatic heterocycles. The molecular weight excluding hydrogens is 270 g/mol. The lowest BCUT2D eigenvalue weighted by Gasteiger charge is -2.38. The van der Waals surface area contributed by atoms with Crippen molar-refractivity contribution in [3.05, 3.63) is 0 Å². The molecule has 0 aromatic carbocycles. The van der Waals surface area contributed by atoms with E-state index in [4.69, 9.17) is 9.84 Å². The number of rotatable bonds is 3. The number of hydrogen-bond donors (Lipinski definition) is 1. The van der Waals surface area contributed by atoms with Crippen molar-refractivity contribution in [2.45, 2.75) is 43.9 Å². The zero-order chi connectivity index (χ0) is 14.0. The number of carboxylic acids is 1. The summed E-state index contributed by atoms with van der Waals surface area (Å²) in [4.78, 5) is 11.1. The maximum atomic E-state index is 12.6. The second kappa shape index (κ2) is 5.76. The van der Waals surface area contributed by atoms with Crippen molar-refractivity contribution in [2.24, 2.45) is 5.92 Å². The second-order valence-electron chi connectivity index (χ2n) is 5.42. The van der Waals surface area contributed by atoms with Gasteiger partial charge in [-0.2, -0.15) is 4.31 Å². The van der Waals surface area contributed by atoms with Crippen molar-refractivity contribution in [1.29, 1.82) is 0 Å². The molecule has 0 spiro atoms. The number of carbonyl (C=O) groups is 1. The zero-order valence-electron chi connectivity index (χ0n) is 11.1. The van der Waals surface area contributed by atoms with Crippen LogP contribution >= 0.6 is 0 Å². The molecule has 0 aromatic rings.